The smallest absolute Gasteiger partial charge is 0.205 e. The molecule has 2 heterocycles. The number of anilines is 1. The molecule has 2 aromatic heterocycles. The molecule has 3 heteroatoms. The molecule has 3 rings (SSSR count). The zero-order valence-electron chi connectivity index (χ0n) is 8.03. The molecular weight excluding hydrogens is 174 g/mol. The molecule has 72 valence electrons. The number of rotatable bonds is 0. The maximum Gasteiger partial charge on any atom is 0.205 e. The van der Waals surface area contributed by atoms with Crippen LogP contribution in [-0.2, 0) is 12.8 Å². The summed E-state index contributed by atoms with van der Waals surface area (Å²) in [5.74, 6) is 0.624. The third-order valence-electron chi connectivity index (χ3n) is 3.02. The summed E-state index contributed by atoms with van der Waals surface area (Å²) in [5, 5.41) is 0. The Bertz CT molecular complexity index is 484. The minimum absolute atomic E-state index is 0.624. The second kappa shape index (κ2) is 2.74. The lowest BCUT2D eigenvalue weighted by molar-refractivity contribution is 0.661. The van der Waals surface area contributed by atoms with Gasteiger partial charge >= 0.3 is 0 Å². The number of hydrogen-bond donors (Lipinski definition) is 1. The van der Waals surface area contributed by atoms with Crippen molar-refractivity contribution in [3.8, 4) is 0 Å². The summed E-state index contributed by atoms with van der Waals surface area (Å²) < 4.78 is 2.09. The molecule has 0 aliphatic heterocycles. The molecule has 0 spiro atoms. The van der Waals surface area contributed by atoms with E-state index in [1.807, 2.05) is 6.20 Å². The average molecular weight is 187 g/mol. The standard InChI is InChI=1S/C11H13N3/c12-11-13-7-9-6-5-8-3-1-2-4-10(8)14(9)11/h5-7H,1-4H2,(H2,12,13). The first-order valence-corrected chi connectivity index (χ1v) is 5.10. The minimum Gasteiger partial charge on any atom is -0.369 e. The number of fused-ring (bicyclic) bond motifs is 3. The fourth-order valence-corrected chi connectivity index (χ4v) is 2.33. The van der Waals surface area contributed by atoms with Gasteiger partial charge in [-0.3, -0.25) is 4.40 Å². The van der Waals surface area contributed by atoms with Gasteiger partial charge in [-0.15, -0.1) is 0 Å². The third kappa shape index (κ3) is 0.953. The fourth-order valence-electron chi connectivity index (χ4n) is 2.33. The summed E-state index contributed by atoms with van der Waals surface area (Å²) in [7, 11) is 0. The largest absolute Gasteiger partial charge is 0.369 e. The van der Waals surface area contributed by atoms with E-state index >= 15 is 0 Å². The molecule has 1 aliphatic carbocycles. The molecule has 3 nitrogen and oxygen atoms in total. The van der Waals surface area contributed by atoms with Crippen molar-refractivity contribution in [2.45, 2.75) is 25.7 Å². The molecule has 0 atom stereocenters. The molecule has 0 amide bonds. The van der Waals surface area contributed by atoms with Gasteiger partial charge in [-0.25, -0.2) is 4.98 Å². The predicted molar refractivity (Wildman–Crippen MR) is 56.2 cm³/mol. The van der Waals surface area contributed by atoms with Gasteiger partial charge in [0.2, 0.25) is 5.95 Å². The molecule has 1 aliphatic rings. The van der Waals surface area contributed by atoms with Crippen molar-refractivity contribution in [1.29, 1.82) is 0 Å². The van der Waals surface area contributed by atoms with Gasteiger partial charge in [-0.2, -0.15) is 0 Å². The highest BCUT2D eigenvalue weighted by atomic mass is 15.1. The van der Waals surface area contributed by atoms with Gasteiger partial charge in [0.25, 0.3) is 0 Å². The molecule has 14 heavy (non-hydrogen) atoms. The first-order valence-electron chi connectivity index (χ1n) is 5.10. The van der Waals surface area contributed by atoms with Gasteiger partial charge in [-0.05, 0) is 37.3 Å². The highest BCUT2D eigenvalue weighted by Crippen LogP contribution is 2.24. The maximum atomic E-state index is 5.85. The average Bonchev–Trinajstić information content (AvgIpc) is 2.61. The molecule has 0 bridgehead atoms. The lowest BCUT2D eigenvalue weighted by Crippen LogP contribution is -2.09. The number of nitrogen functional groups attached to an aromatic ring is 1. The fraction of sp³-hybridized carbons (Fsp3) is 0.364. The molecule has 0 radical (unpaired) electrons. The van der Waals surface area contributed by atoms with E-state index in [0.717, 1.165) is 11.9 Å². The van der Waals surface area contributed by atoms with E-state index in [9.17, 15) is 0 Å². The highest BCUT2D eigenvalue weighted by Gasteiger charge is 2.13. The first-order chi connectivity index (χ1) is 6.86. The van der Waals surface area contributed by atoms with Crippen LogP contribution in [0.1, 0.15) is 24.1 Å². The summed E-state index contributed by atoms with van der Waals surface area (Å²) in [5.41, 5.74) is 9.77. The Morgan fingerprint density at radius 1 is 1.21 bits per heavy atom. The maximum absolute atomic E-state index is 5.85. The summed E-state index contributed by atoms with van der Waals surface area (Å²) in [6, 6.07) is 4.32. The van der Waals surface area contributed by atoms with Crippen LogP contribution in [0.5, 0.6) is 0 Å². The Balaban J connectivity index is 2.38. The Morgan fingerprint density at radius 3 is 3.00 bits per heavy atom. The number of hydrogen-bond acceptors (Lipinski definition) is 2. The number of imidazole rings is 1. The molecule has 0 saturated heterocycles. The van der Waals surface area contributed by atoms with Gasteiger partial charge in [0.1, 0.15) is 0 Å². The predicted octanol–water partition coefficient (Wildman–Crippen LogP) is 1.80. The lowest BCUT2D eigenvalue weighted by Gasteiger charge is -2.17. The van der Waals surface area contributed by atoms with Gasteiger partial charge in [-0.1, -0.05) is 6.07 Å². The highest BCUT2D eigenvalue weighted by molar-refractivity contribution is 5.54. The van der Waals surface area contributed by atoms with E-state index in [-0.39, 0.29) is 0 Å². The quantitative estimate of drug-likeness (QED) is 0.683. The second-order valence-corrected chi connectivity index (χ2v) is 3.89. The number of aromatic nitrogens is 2. The van der Waals surface area contributed by atoms with Crippen molar-refractivity contribution in [2.75, 3.05) is 5.73 Å². The van der Waals surface area contributed by atoms with Crippen LogP contribution in [0.2, 0.25) is 0 Å². The van der Waals surface area contributed by atoms with E-state index in [0.29, 0.717) is 5.95 Å². The van der Waals surface area contributed by atoms with Crippen LogP contribution in [0.15, 0.2) is 18.3 Å². The SMILES string of the molecule is Nc1ncc2ccc3c(n12)CCCC3. The Kier molecular flexibility index (Phi) is 1.54. The second-order valence-electron chi connectivity index (χ2n) is 3.89. The molecule has 2 N–H and O–H groups in total. The van der Waals surface area contributed by atoms with Crippen molar-refractivity contribution in [3.05, 3.63) is 29.6 Å². The van der Waals surface area contributed by atoms with Gasteiger partial charge in [0.05, 0.1) is 11.7 Å². The van der Waals surface area contributed by atoms with Crippen LogP contribution in [-0.4, -0.2) is 9.38 Å². The van der Waals surface area contributed by atoms with Crippen LogP contribution in [0.3, 0.4) is 0 Å². The Labute approximate surface area is 82.6 Å². The Hall–Kier alpha value is -1.51. The van der Waals surface area contributed by atoms with Crippen molar-refractivity contribution in [3.63, 3.8) is 0 Å². The topological polar surface area (TPSA) is 43.3 Å². The van der Waals surface area contributed by atoms with E-state index < -0.39 is 0 Å². The summed E-state index contributed by atoms with van der Waals surface area (Å²) in [6.45, 7) is 0. The molecule has 2 aromatic rings. The molecular formula is C11H13N3. The number of nitrogens with two attached hydrogens (primary N) is 1. The van der Waals surface area contributed by atoms with Gasteiger partial charge < -0.3 is 5.73 Å². The molecule has 0 aromatic carbocycles. The van der Waals surface area contributed by atoms with E-state index in [1.54, 1.807) is 0 Å². The summed E-state index contributed by atoms with van der Waals surface area (Å²) >= 11 is 0. The van der Waals surface area contributed by atoms with E-state index in [2.05, 4.69) is 21.5 Å². The summed E-state index contributed by atoms with van der Waals surface area (Å²) in [6.07, 6.45) is 6.72. The summed E-state index contributed by atoms with van der Waals surface area (Å²) in [4.78, 5) is 4.14. The van der Waals surface area contributed by atoms with Gasteiger partial charge in [0.15, 0.2) is 0 Å². The van der Waals surface area contributed by atoms with Crippen LogP contribution in [0.4, 0.5) is 5.95 Å². The molecule has 0 fully saturated rings. The normalized spacial score (nSPS) is 15.7. The van der Waals surface area contributed by atoms with E-state index in [4.69, 9.17) is 5.73 Å². The van der Waals surface area contributed by atoms with Gasteiger partial charge in [0, 0.05) is 5.69 Å². The molecule has 0 saturated carbocycles. The zero-order valence-corrected chi connectivity index (χ0v) is 8.03. The zero-order chi connectivity index (χ0) is 9.54. The van der Waals surface area contributed by atoms with Crippen molar-refractivity contribution in [2.24, 2.45) is 0 Å². The third-order valence-corrected chi connectivity index (χ3v) is 3.02. The molecule has 0 unspecified atom stereocenters. The number of nitrogens with zero attached hydrogens (tertiary/aromatic N) is 2. The van der Waals surface area contributed by atoms with Crippen LogP contribution >= 0.6 is 0 Å². The Morgan fingerprint density at radius 2 is 2.07 bits per heavy atom. The number of pyridine rings is 1. The van der Waals surface area contributed by atoms with Crippen molar-refractivity contribution in [1.82, 2.24) is 9.38 Å². The van der Waals surface area contributed by atoms with Crippen LogP contribution in [0, 0.1) is 0 Å². The van der Waals surface area contributed by atoms with Crippen LogP contribution < -0.4 is 5.73 Å². The number of aryl methyl sites for hydroxylation is 2. The first kappa shape index (κ1) is 7.85. The van der Waals surface area contributed by atoms with Crippen molar-refractivity contribution >= 4 is 11.5 Å². The minimum atomic E-state index is 0.624. The monoisotopic (exact) mass is 187 g/mol. The van der Waals surface area contributed by atoms with Crippen molar-refractivity contribution < 1.29 is 0 Å². The van der Waals surface area contributed by atoms with Crippen LogP contribution in [0.25, 0.3) is 5.52 Å². The van der Waals surface area contributed by atoms with E-state index in [1.165, 1.54) is 30.5 Å². The lowest BCUT2D eigenvalue weighted by atomic mass is 9.96.